The summed E-state index contributed by atoms with van der Waals surface area (Å²) in [5.41, 5.74) is 0. The van der Waals surface area contributed by atoms with Crippen LogP contribution in [0.1, 0.15) is 31.5 Å². The third-order valence-corrected chi connectivity index (χ3v) is 3.58. The number of ether oxygens (including phenoxy) is 1. The molecule has 0 bridgehead atoms. The molecule has 1 aliphatic heterocycles. The summed E-state index contributed by atoms with van der Waals surface area (Å²) in [6, 6.07) is 0. The monoisotopic (exact) mass is 296 g/mol. The molecule has 0 spiro atoms. The zero-order valence-corrected chi connectivity index (χ0v) is 12.9. The van der Waals surface area contributed by atoms with Crippen molar-refractivity contribution in [2.75, 3.05) is 39.9 Å². The summed E-state index contributed by atoms with van der Waals surface area (Å²) < 4.78 is 10.7. The van der Waals surface area contributed by atoms with E-state index in [0.717, 1.165) is 39.3 Å². The number of aryl methyl sites for hydroxylation is 1. The molecule has 7 nitrogen and oxygen atoms in total. The molecule has 2 rings (SSSR count). The second-order valence-electron chi connectivity index (χ2n) is 5.25. The van der Waals surface area contributed by atoms with Gasteiger partial charge in [-0.05, 0) is 13.0 Å². The molecule has 118 valence electrons. The Kier molecular flexibility index (Phi) is 6.13. The number of hydrogen-bond acceptors (Lipinski definition) is 6. The largest absolute Gasteiger partial charge is 0.423 e. The minimum absolute atomic E-state index is 0.111. The Morgan fingerprint density at radius 3 is 2.67 bits per heavy atom. The van der Waals surface area contributed by atoms with Crippen molar-refractivity contribution in [3.05, 3.63) is 11.8 Å². The van der Waals surface area contributed by atoms with E-state index in [-0.39, 0.29) is 5.91 Å². The van der Waals surface area contributed by atoms with E-state index >= 15 is 0 Å². The molecule has 0 N–H and O–H groups in total. The van der Waals surface area contributed by atoms with E-state index in [1.807, 2.05) is 6.92 Å². The number of nitrogens with zero attached hydrogens (tertiary/aromatic N) is 4. The van der Waals surface area contributed by atoms with Gasteiger partial charge >= 0.3 is 0 Å². The Labute approximate surface area is 125 Å². The average Bonchev–Trinajstić information content (AvgIpc) is 2.96. The normalized spacial score (nSPS) is 16.1. The van der Waals surface area contributed by atoms with E-state index in [4.69, 9.17) is 9.15 Å². The van der Waals surface area contributed by atoms with E-state index in [0.29, 0.717) is 31.2 Å². The van der Waals surface area contributed by atoms with Gasteiger partial charge in [0.15, 0.2) is 0 Å². The van der Waals surface area contributed by atoms with Gasteiger partial charge in [0.2, 0.25) is 17.7 Å². The van der Waals surface area contributed by atoms with Crippen molar-refractivity contribution >= 4 is 5.91 Å². The molecule has 1 amide bonds. The molecule has 0 saturated carbocycles. The Bertz CT molecular complexity index is 443. The molecule has 1 aromatic rings. The first-order valence-corrected chi connectivity index (χ1v) is 7.54. The van der Waals surface area contributed by atoms with Crippen molar-refractivity contribution < 1.29 is 13.9 Å². The fourth-order valence-electron chi connectivity index (χ4n) is 2.26. The SMILES string of the molecule is CCc1nnc(CN(C)C(=O)CCCN2CCOCC2)o1. The highest BCUT2D eigenvalue weighted by atomic mass is 16.5. The van der Waals surface area contributed by atoms with Crippen molar-refractivity contribution in [2.45, 2.75) is 32.7 Å². The van der Waals surface area contributed by atoms with E-state index < -0.39 is 0 Å². The first kappa shape index (κ1) is 15.9. The van der Waals surface area contributed by atoms with Gasteiger partial charge in [-0.3, -0.25) is 9.69 Å². The van der Waals surface area contributed by atoms with Crippen LogP contribution < -0.4 is 0 Å². The highest BCUT2D eigenvalue weighted by Gasteiger charge is 2.15. The molecule has 1 fully saturated rings. The summed E-state index contributed by atoms with van der Waals surface area (Å²) >= 11 is 0. The van der Waals surface area contributed by atoms with E-state index in [2.05, 4.69) is 15.1 Å². The Hall–Kier alpha value is -1.47. The third kappa shape index (κ3) is 5.09. The molecular weight excluding hydrogens is 272 g/mol. The number of carbonyl (C=O) groups excluding carboxylic acids is 1. The fraction of sp³-hybridized carbons (Fsp3) is 0.786. The summed E-state index contributed by atoms with van der Waals surface area (Å²) in [5, 5.41) is 7.83. The number of rotatable bonds is 7. The Morgan fingerprint density at radius 2 is 2.00 bits per heavy atom. The van der Waals surface area contributed by atoms with Crippen LogP contribution in [-0.2, 0) is 22.5 Å². The van der Waals surface area contributed by atoms with Crippen molar-refractivity contribution in [3.63, 3.8) is 0 Å². The van der Waals surface area contributed by atoms with Gasteiger partial charge in [-0.25, -0.2) is 0 Å². The zero-order valence-electron chi connectivity index (χ0n) is 12.9. The molecule has 0 aliphatic carbocycles. The van der Waals surface area contributed by atoms with Crippen LogP contribution in [0.3, 0.4) is 0 Å². The maximum absolute atomic E-state index is 12.1. The first-order valence-electron chi connectivity index (χ1n) is 7.54. The van der Waals surface area contributed by atoms with Gasteiger partial charge in [-0.2, -0.15) is 0 Å². The van der Waals surface area contributed by atoms with Gasteiger partial charge in [0.25, 0.3) is 0 Å². The summed E-state index contributed by atoms with van der Waals surface area (Å²) in [6.07, 6.45) is 2.13. The standard InChI is InChI=1S/C14H24N4O3/c1-3-12-15-16-13(21-12)11-17(2)14(19)5-4-6-18-7-9-20-10-8-18/h3-11H2,1-2H3. The van der Waals surface area contributed by atoms with Crippen molar-refractivity contribution in [2.24, 2.45) is 0 Å². The van der Waals surface area contributed by atoms with Crippen LogP contribution in [0.5, 0.6) is 0 Å². The smallest absolute Gasteiger partial charge is 0.235 e. The van der Waals surface area contributed by atoms with Crippen LogP contribution in [0.25, 0.3) is 0 Å². The van der Waals surface area contributed by atoms with Crippen LogP contribution >= 0.6 is 0 Å². The lowest BCUT2D eigenvalue weighted by Gasteiger charge is -2.26. The molecule has 1 aliphatic rings. The van der Waals surface area contributed by atoms with Crippen LogP contribution in [-0.4, -0.2) is 65.8 Å². The lowest BCUT2D eigenvalue weighted by Crippen LogP contribution is -2.37. The lowest BCUT2D eigenvalue weighted by molar-refractivity contribution is -0.130. The molecule has 0 atom stereocenters. The highest BCUT2D eigenvalue weighted by Crippen LogP contribution is 2.06. The maximum Gasteiger partial charge on any atom is 0.235 e. The highest BCUT2D eigenvalue weighted by molar-refractivity contribution is 5.75. The van der Waals surface area contributed by atoms with Crippen LogP contribution in [0.15, 0.2) is 4.42 Å². The molecular formula is C14H24N4O3. The van der Waals surface area contributed by atoms with E-state index in [1.54, 1.807) is 11.9 Å². The summed E-state index contributed by atoms with van der Waals surface area (Å²) in [4.78, 5) is 16.0. The van der Waals surface area contributed by atoms with Gasteiger partial charge in [0.05, 0.1) is 19.8 Å². The number of hydrogen-bond donors (Lipinski definition) is 0. The summed E-state index contributed by atoms with van der Waals surface area (Å²) in [6.45, 7) is 6.80. The third-order valence-electron chi connectivity index (χ3n) is 3.58. The fourth-order valence-corrected chi connectivity index (χ4v) is 2.26. The minimum Gasteiger partial charge on any atom is -0.423 e. The molecule has 0 aromatic carbocycles. The van der Waals surface area contributed by atoms with Crippen molar-refractivity contribution in [3.8, 4) is 0 Å². The van der Waals surface area contributed by atoms with E-state index in [9.17, 15) is 4.79 Å². The quantitative estimate of drug-likeness (QED) is 0.737. The Balaban J connectivity index is 1.67. The molecule has 1 saturated heterocycles. The van der Waals surface area contributed by atoms with Gasteiger partial charge in [-0.15, -0.1) is 10.2 Å². The molecule has 0 radical (unpaired) electrons. The first-order chi connectivity index (χ1) is 10.2. The summed E-state index contributed by atoms with van der Waals surface area (Å²) in [5.74, 6) is 1.22. The number of amides is 1. The lowest BCUT2D eigenvalue weighted by atomic mass is 10.2. The molecule has 21 heavy (non-hydrogen) atoms. The Morgan fingerprint density at radius 1 is 1.29 bits per heavy atom. The topological polar surface area (TPSA) is 71.7 Å². The van der Waals surface area contributed by atoms with Gasteiger partial charge < -0.3 is 14.1 Å². The van der Waals surface area contributed by atoms with Crippen LogP contribution in [0.4, 0.5) is 0 Å². The summed E-state index contributed by atoms with van der Waals surface area (Å²) in [7, 11) is 1.77. The minimum atomic E-state index is 0.111. The molecule has 1 aromatic heterocycles. The second kappa shape index (κ2) is 8.09. The van der Waals surface area contributed by atoms with E-state index in [1.165, 1.54) is 0 Å². The predicted octanol–water partition coefficient (Wildman–Crippen LogP) is 0.703. The zero-order chi connectivity index (χ0) is 15.1. The second-order valence-corrected chi connectivity index (χ2v) is 5.25. The number of aromatic nitrogens is 2. The number of morpholine rings is 1. The van der Waals surface area contributed by atoms with Crippen LogP contribution in [0.2, 0.25) is 0 Å². The van der Waals surface area contributed by atoms with Gasteiger partial charge in [0.1, 0.15) is 0 Å². The van der Waals surface area contributed by atoms with Gasteiger partial charge in [-0.1, -0.05) is 6.92 Å². The molecule has 0 unspecified atom stereocenters. The molecule has 7 heteroatoms. The molecule has 2 heterocycles. The van der Waals surface area contributed by atoms with Crippen molar-refractivity contribution in [1.29, 1.82) is 0 Å². The average molecular weight is 296 g/mol. The number of carbonyl (C=O) groups is 1. The van der Waals surface area contributed by atoms with Crippen molar-refractivity contribution in [1.82, 2.24) is 20.0 Å². The maximum atomic E-state index is 12.1. The predicted molar refractivity (Wildman–Crippen MR) is 76.6 cm³/mol. The van der Waals surface area contributed by atoms with Crippen LogP contribution in [0, 0.1) is 0 Å². The van der Waals surface area contributed by atoms with Gasteiger partial charge in [0, 0.05) is 33.0 Å².